The van der Waals surface area contributed by atoms with Gasteiger partial charge in [-0.2, -0.15) is 0 Å². The molecule has 0 radical (unpaired) electrons. The number of aromatic nitrogens is 2. The summed E-state index contributed by atoms with van der Waals surface area (Å²) in [6.07, 6.45) is 2.84. The summed E-state index contributed by atoms with van der Waals surface area (Å²) in [5, 5.41) is 13.5. The first-order valence-electron chi connectivity index (χ1n) is 10.9. The second-order valence-electron chi connectivity index (χ2n) is 7.98. The van der Waals surface area contributed by atoms with Gasteiger partial charge in [0.05, 0.1) is 18.4 Å². The highest BCUT2D eigenvalue weighted by molar-refractivity contribution is 5.93. The Morgan fingerprint density at radius 2 is 1.88 bits per heavy atom. The van der Waals surface area contributed by atoms with Crippen LogP contribution in [0.4, 0.5) is 5.95 Å². The molecule has 166 valence electrons. The predicted octanol–water partition coefficient (Wildman–Crippen LogP) is 3.11. The predicted molar refractivity (Wildman–Crippen MR) is 123 cm³/mol. The van der Waals surface area contributed by atoms with E-state index in [-0.39, 0.29) is 0 Å². The van der Waals surface area contributed by atoms with Crippen molar-refractivity contribution < 1.29 is 14.6 Å². The second-order valence-corrected chi connectivity index (χ2v) is 7.98. The number of carbonyl (C=O) groups is 1. The monoisotopic (exact) mass is 432 g/mol. The molecule has 7 heteroatoms. The summed E-state index contributed by atoms with van der Waals surface area (Å²) in [7, 11) is 0. The molecule has 0 spiro atoms. The Kier molecular flexibility index (Phi) is 7.09. The largest absolute Gasteiger partial charge is 0.391 e. The Hall–Kier alpha value is -3.29. The maximum atomic E-state index is 11.4. The lowest BCUT2D eigenvalue weighted by atomic mass is 10.0. The van der Waals surface area contributed by atoms with Gasteiger partial charge >= 0.3 is 0 Å². The number of ether oxygens (including phenoxy) is 1. The van der Waals surface area contributed by atoms with Gasteiger partial charge in [0.1, 0.15) is 0 Å². The van der Waals surface area contributed by atoms with Crippen molar-refractivity contribution in [1.82, 2.24) is 9.97 Å². The molecule has 4 N–H and O–H groups in total. The number of aryl methyl sites for hydroxylation is 1. The lowest BCUT2D eigenvalue weighted by molar-refractivity contribution is 0.0779. The molecule has 1 amide bonds. The zero-order valence-corrected chi connectivity index (χ0v) is 18.0. The fraction of sp³-hybridized carbons (Fsp3) is 0.320. The SMILES string of the molecule is NC(=O)c1ccc(-c2nc(NCC(O)CCOCc3ccccc3)nc3c2CCC3)cc1. The number of hydrogen-bond donors (Lipinski definition) is 3. The second kappa shape index (κ2) is 10.3. The van der Waals surface area contributed by atoms with Crippen molar-refractivity contribution in [1.29, 1.82) is 0 Å². The van der Waals surface area contributed by atoms with Crippen LogP contribution < -0.4 is 11.1 Å². The Morgan fingerprint density at radius 3 is 2.62 bits per heavy atom. The molecule has 2 aromatic carbocycles. The molecule has 1 heterocycles. The molecule has 3 aromatic rings. The average Bonchev–Trinajstić information content (AvgIpc) is 3.29. The van der Waals surface area contributed by atoms with Gasteiger partial charge in [-0.3, -0.25) is 4.79 Å². The number of rotatable bonds is 10. The van der Waals surface area contributed by atoms with E-state index >= 15 is 0 Å². The third-order valence-electron chi connectivity index (χ3n) is 5.58. The normalized spacial score (nSPS) is 13.5. The Labute approximate surface area is 187 Å². The number of benzene rings is 2. The molecule has 1 atom stereocenters. The van der Waals surface area contributed by atoms with Gasteiger partial charge < -0.3 is 20.9 Å². The first-order chi connectivity index (χ1) is 15.6. The summed E-state index contributed by atoms with van der Waals surface area (Å²) < 4.78 is 5.65. The van der Waals surface area contributed by atoms with Crippen molar-refractivity contribution in [3.05, 3.63) is 77.0 Å². The van der Waals surface area contributed by atoms with E-state index in [0.29, 0.717) is 37.7 Å². The molecule has 1 aliphatic rings. The summed E-state index contributed by atoms with van der Waals surface area (Å²) in [6, 6.07) is 17.1. The Balaban J connectivity index is 1.35. The van der Waals surface area contributed by atoms with Gasteiger partial charge in [0.2, 0.25) is 11.9 Å². The Bertz CT molecular complexity index is 1050. The van der Waals surface area contributed by atoms with Crippen molar-refractivity contribution in [2.24, 2.45) is 5.73 Å². The van der Waals surface area contributed by atoms with Crippen molar-refractivity contribution in [2.75, 3.05) is 18.5 Å². The first-order valence-corrected chi connectivity index (χ1v) is 10.9. The van der Waals surface area contributed by atoms with E-state index in [4.69, 9.17) is 15.5 Å². The minimum absolute atomic E-state index is 0.341. The number of amides is 1. The van der Waals surface area contributed by atoms with E-state index in [2.05, 4.69) is 10.3 Å². The number of nitrogens with two attached hydrogens (primary N) is 1. The summed E-state index contributed by atoms with van der Waals surface area (Å²) in [5.74, 6) is 0.0532. The van der Waals surface area contributed by atoms with Crippen LogP contribution in [0.3, 0.4) is 0 Å². The van der Waals surface area contributed by atoms with Crippen molar-refractivity contribution >= 4 is 11.9 Å². The highest BCUT2D eigenvalue weighted by Gasteiger charge is 2.20. The van der Waals surface area contributed by atoms with Crippen LogP contribution in [0.5, 0.6) is 0 Å². The van der Waals surface area contributed by atoms with Crippen LogP contribution in [0.25, 0.3) is 11.3 Å². The summed E-state index contributed by atoms with van der Waals surface area (Å²) in [4.78, 5) is 20.7. The van der Waals surface area contributed by atoms with Gasteiger partial charge in [0.25, 0.3) is 0 Å². The zero-order valence-electron chi connectivity index (χ0n) is 18.0. The van der Waals surface area contributed by atoms with Crippen molar-refractivity contribution in [3.8, 4) is 11.3 Å². The van der Waals surface area contributed by atoms with Crippen LogP contribution in [0.1, 0.15) is 40.0 Å². The summed E-state index contributed by atoms with van der Waals surface area (Å²) >= 11 is 0. The lowest BCUT2D eigenvalue weighted by Crippen LogP contribution is -2.22. The molecule has 0 bridgehead atoms. The maximum absolute atomic E-state index is 11.4. The molecule has 4 rings (SSSR count). The maximum Gasteiger partial charge on any atom is 0.248 e. The minimum atomic E-state index is -0.569. The molecule has 0 aliphatic heterocycles. The third-order valence-corrected chi connectivity index (χ3v) is 5.58. The van der Waals surface area contributed by atoms with Crippen LogP contribution in [-0.4, -0.2) is 40.2 Å². The van der Waals surface area contributed by atoms with E-state index < -0.39 is 12.0 Å². The highest BCUT2D eigenvalue weighted by atomic mass is 16.5. The van der Waals surface area contributed by atoms with Crippen molar-refractivity contribution in [3.63, 3.8) is 0 Å². The van der Waals surface area contributed by atoms with Gasteiger partial charge in [-0.1, -0.05) is 42.5 Å². The lowest BCUT2D eigenvalue weighted by Gasteiger charge is -2.15. The summed E-state index contributed by atoms with van der Waals surface area (Å²) in [6.45, 7) is 1.35. The first kappa shape index (κ1) is 21.9. The van der Waals surface area contributed by atoms with Crippen molar-refractivity contribution in [2.45, 2.75) is 38.4 Å². The van der Waals surface area contributed by atoms with Gasteiger partial charge in [-0.15, -0.1) is 0 Å². The van der Waals surface area contributed by atoms with Crippen LogP contribution >= 0.6 is 0 Å². The molecule has 1 aliphatic carbocycles. The zero-order chi connectivity index (χ0) is 22.3. The number of nitrogens with zero attached hydrogens (tertiary/aromatic N) is 2. The minimum Gasteiger partial charge on any atom is -0.391 e. The molecule has 0 saturated carbocycles. The number of primary amides is 1. The quantitative estimate of drug-likeness (QED) is 0.425. The number of anilines is 1. The van der Waals surface area contributed by atoms with Crippen LogP contribution in [0.2, 0.25) is 0 Å². The fourth-order valence-electron chi connectivity index (χ4n) is 3.84. The third kappa shape index (κ3) is 5.49. The molecule has 1 unspecified atom stereocenters. The number of carbonyl (C=O) groups excluding carboxylic acids is 1. The number of aliphatic hydroxyl groups is 1. The Morgan fingerprint density at radius 1 is 1.09 bits per heavy atom. The van der Waals surface area contributed by atoms with E-state index in [9.17, 15) is 9.90 Å². The molecule has 1 aromatic heterocycles. The topological polar surface area (TPSA) is 110 Å². The van der Waals surface area contributed by atoms with Crippen LogP contribution in [-0.2, 0) is 24.2 Å². The standard InChI is InChI=1S/C25H28N4O3/c26-24(31)19-11-9-18(10-12-19)23-21-7-4-8-22(21)28-25(29-23)27-15-20(30)13-14-32-16-17-5-2-1-3-6-17/h1-3,5-6,9-12,20,30H,4,7-8,13-16H2,(H2,26,31)(H,27,28,29). The highest BCUT2D eigenvalue weighted by Crippen LogP contribution is 2.31. The van der Waals surface area contributed by atoms with Crippen LogP contribution in [0.15, 0.2) is 54.6 Å². The molecule has 0 saturated heterocycles. The molecule has 32 heavy (non-hydrogen) atoms. The van der Waals surface area contributed by atoms with Gasteiger partial charge in [-0.25, -0.2) is 9.97 Å². The van der Waals surface area contributed by atoms with Gasteiger partial charge in [0, 0.05) is 35.5 Å². The fourth-order valence-corrected chi connectivity index (χ4v) is 3.84. The molecule has 7 nitrogen and oxygen atoms in total. The van der Waals surface area contributed by atoms with E-state index in [0.717, 1.165) is 47.3 Å². The smallest absolute Gasteiger partial charge is 0.248 e. The van der Waals surface area contributed by atoms with Crippen LogP contribution in [0, 0.1) is 0 Å². The molecular formula is C25H28N4O3. The molecule has 0 fully saturated rings. The number of fused-ring (bicyclic) bond motifs is 1. The van der Waals surface area contributed by atoms with Gasteiger partial charge in [0.15, 0.2) is 0 Å². The van der Waals surface area contributed by atoms with E-state index in [1.54, 1.807) is 12.1 Å². The summed E-state index contributed by atoms with van der Waals surface area (Å²) in [5.41, 5.74) is 10.9. The number of hydrogen-bond acceptors (Lipinski definition) is 6. The van der Waals surface area contributed by atoms with E-state index in [1.807, 2.05) is 42.5 Å². The molecular weight excluding hydrogens is 404 g/mol. The average molecular weight is 433 g/mol. The van der Waals surface area contributed by atoms with E-state index in [1.165, 1.54) is 0 Å². The van der Waals surface area contributed by atoms with Gasteiger partial charge in [-0.05, 0) is 43.4 Å². The number of nitrogens with one attached hydrogen (secondary N) is 1. The number of aliphatic hydroxyl groups excluding tert-OH is 1.